The van der Waals surface area contributed by atoms with Crippen LogP contribution < -0.4 is 5.32 Å². The zero-order chi connectivity index (χ0) is 10.7. The van der Waals surface area contributed by atoms with Crippen molar-refractivity contribution in [1.29, 1.82) is 0 Å². The van der Waals surface area contributed by atoms with Crippen LogP contribution in [0.2, 0.25) is 0 Å². The van der Waals surface area contributed by atoms with Crippen LogP contribution in [0.15, 0.2) is 28.7 Å². The molecule has 0 radical (unpaired) electrons. The van der Waals surface area contributed by atoms with Crippen molar-refractivity contribution in [3.8, 4) is 0 Å². The van der Waals surface area contributed by atoms with Crippen molar-refractivity contribution >= 4 is 15.9 Å². The van der Waals surface area contributed by atoms with Gasteiger partial charge in [0, 0.05) is 10.0 Å². The molecule has 1 aromatic carbocycles. The van der Waals surface area contributed by atoms with E-state index in [0.29, 0.717) is 0 Å². The number of halogens is 1. The normalized spacial score (nSPS) is 26.5. The zero-order valence-electron chi connectivity index (χ0n) is 9.22. The smallest absolute Gasteiger partial charge is 0.0443 e. The standard InChI is InChI=1S/C13H18BrN/c1-2-13(9-5-6-10-15-13)11-7-3-4-8-12(11)14/h3-4,7-8,15H,2,5-6,9-10H2,1H3. The number of hydrogen-bond donors (Lipinski definition) is 1. The highest BCUT2D eigenvalue weighted by atomic mass is 79.9. The zero-order valence-corrected chi connectivity index (χ0v) is 10.8. The van der Waals surface area contributed by atoms with Crippen molar-refractivity contribution in [2.24, 2.45) is 0 Å². The molecule has 0 saturated carbocycles. The molecule has 1 aromatic rings. The molecule has 2 rings (SSSR count). The van der Waals surface area contributed by atoms with E-state index in [-0.39, 0.29) is 5.54 Å². The first-order chi connectivity index (χ1) is 7.28. The highest BCUT2D eigenvalue weighted by Gasteiger charge is 2.32. The van der Waals surface area contributed by atoms with Gasteiger partial charge in [-0.1, -0.05) is 47.5 Å². The van der Waals surface area contributed by atoms with Gasteiger partial charge in [0.15, 0.2) is 0 Å². The Hall–Kier alpha value is -0.340. The minimum atomic E-state index is 0.207. The molecule has 1 aliphatic heterocycles. The summed E-state index contributed by atoms with van der Waals surface area (Å²) in [6.45, 7) is 3.42. The molecule has 1 atom stereocenters. The van der Waals surface area contributed by atoms with Gasteiger partial charge in [0.25, 0.3) is 0 Å². The van der Waals surface area contributed by atoms with Crippen molar-refractivity contribution < 1.29 is 0 Å². The SMILES string of the molecule is CCC1(c2ccccc2Br)CCCCN1. The third kappa shape index (κ3) is 2.11. The minimum Gasteiger partial charge on any atom is -0.307 e. The molecule has 2 heteroatoms. The van der Waals surface area contributed by atoms with Crippen LogP contribution >= 0.6 is 15.9 Å². The van der Waals surface area contributed by atoms with Gasteiger partial charge in [-0.3, -0.25) is 0 Å². The Kier molecular flexibility index (Phi) is 3.47. The van der Waals surface area contributed by atoms with Gasteiger partial charge in [-0.15, -0.1) is 0 Å². The molecule has 0 spiro atoms. The van der Waals surface area contributed by atoms with Crippen molar-refractivity contribution in [3.05, 3.63) is 34.3 Å². The second kappa shape index (κ2) is 4.67. The van der Waals surface area contributed by atoms with E-state index in [2.05, 4.69) is 52.4 Å². The molecule has 0 amide bonds. The van der Waals surface area contributed by atoms with E-state index in [1.165, 1.54) is 29.3 Å². The van der Waals surface area contributed by atoms with E-state index < -0.39 is 0 Å². The maximum absolute atomic E-state index is 3.71. The Bertz CT molecular complexity index is 329. The molecule has 15 heavy (non-hydrogen) atoms. The first-order valence-electron chi connectivity index (χ1n) is 5.78. The Morgan fingerprint density at radius 3 is 2.73 bits per heavy atom. The quantitative estimate of drug-likeness (QED) is 0.859. The van der Waals surface area contributed by atoms with Gasteiger partial charge in [0.2, 0.25) is 0 Å². The number of benzene rings is 1. The first-order valence-corrected chi connectivity index (χ1v) is 6.58. The first kappa shape index (κ1) is 11.2. The molecule has 1 heterocycles. The van der Waals surface area contributed by atoms with Gasteiger partial charge >= 0.3 is 0 Å². The summed E-state index contributed by atoms with van der Waals surface area (Å²) >= 11 is 3.67. The van der Waals surface area contributed by atoms with Crippen LogP contribution in [0.3, 0.4) is 0 Å². The number of piperidine rings is 1. The van der Waals surface area contributed by atoms with Gasteiger partial charge in [-0.25, -0.2) is 0 Å². The average molecular weight is 268 g/mol. The van der Waals surface area contributed by atoms with Crippen LogP contribution in [0.25, 0.3) is 0 Å². The lowest BCUT2D eigenvalue weighted by molar-refractivity contribution is 0.247. The second-order valence-electron chi connectivity index (χ2n) is 4.30. The minimum absolute atomic E-state index is 0.207. The molecular weight excluding hydrogens is 250 g/mol. The summed E-state index contributed by atoms with van der Waals surface area (Å²) in [6.07, 6.45) is 5.07. The van der Waals surface area contributed by atoms with Gasteiger partial charge in [0.05, 0.1) is 0 Å². The molecular formula is C13H18BrN. The van der Waals surface area contributed by atoms with Crippen LogP contribution in [0.4, 0.5) is 0 Å². The summed E-state index contributed by atoms with van der Waals surface area (Å²) in [7, 11) is 0. The third-order valence-electron chi connectivity index (χ3n) is 3.49. The highest BCUT2D eigenvalue weighted by Crippen LogP contribution is 2.37. The van der Waals surface area contributed by atoms with E-state index in [0.717, 1.165) is 13.0 Å². The molecule has 0 bridgehead atoms. The molecule has 1 fully saturated rings. The van der Waals surface area contributed by atoms with Crippen LogP contribution in [0.1, 0.15) is 38.2 Å². The van der Waals surface area contributed by atoms with E-state index in [4.69, 9.17) is 0 Å². The average Bonchev–Trinajstić information content (AvgIpc) is 2.30. The fraction of sp³-hybridized carbons (Fsp3) is 0.538. The van der Waals surface area contributed by atoms with Gasteiger partial charge in [-0.2, -0.15) is 0 Å². The topological polar surface area (TPSA) is 12.0 Å². The largest absolute Gasteiger partial charge is 0.307 e. The summed E-state index contributed by atoms with van der Waals surface area (Å²) < 4.78 is 1.24. The highest BCUT2D eigenvalue weighted by molar-refractivity contribution is 9.10. The molecule has 1 saturated heterocycles. The summed E-state index contributed by atoms with van der Waals surface area (Å²) in [5.41, 5.74) is 1.63. The van der Waals surface area contributed by atoms with Crippen molar-refractivity contribution in [2.75, 3.05) is 6.54 Å². The molecule has 1 N–H and O–H groups in total. The fourth-order valence-corrected chi connectivity index (χ4v) is 3.20. The van der Waals surface area contributed by atoms with Gasteiger partial charge < -0.3 is 5.32 Å². The number of hydrogen-bond acceptors (Lipinski definition) is 1. The monoisotopic (exact) mass is 267 g/mol. The molecule has 1 nitrogen and oxygen atoms in total. The van der Waals surface area contributed by atoms with Crippen LogP contribution in [0.5, 0.6) is 0 Å². The lowest BCUT2D eigenvalue weighted by atomic mass is 9.80. The molecule has 1 aliphatic rings. The van der Waals surface area contributed by atoms with Crippen molar-refractivity contribution in [2.45, 2.75) is 38.1 Å². The fourth-order valence-electron chi connectivity index (χ4n) is 2.54. The van der Waals surface area contributed by atoms with Crippen LogP contribution in [-0.4, -0.2) is 6.54 Å². The van der Waals surface area contributed by atoms with Crippen LogP contribution in [0, 0.1) is 0 Å². The maximum Gasteiger partial charge on any atom is 0.0443 e. The maximum atomic E-state index is 3.71. The Balaban J connectivity index is 2.36. The lowest BCUT2D eigenvalue weighted by Crippen LogP contribution is -2.45. The summed E-state index contributed by atoms with van der Waals surface area (Å²) in [4.78, 5) is 0. The van der Waals surface area contributed by atoms with E-state index in [1.807, 2.05) is 0 Å². The van der Waals surface area contributed by atoms with E-state index >= 15 is 0 Å². The summed E-state index contributed by atoms with van der Waals surface area (Å²) in [6, 6.07) is 8.60. The summed E-state index contributed by atoms with van der Waals surface area (Å²) in [5.74, 6) is 0. The molecule has 1 unspecified atom stereocenters. The van der Waals surface area contributed by atoms with Gasteiger partial charge in [-0.05, 0) is 37.4 Å². The van der Waals surface area contributed by atoms with Crippen LogP contribution in [-0.2, 0) is 5.54 Å². The van der Waals surface area contributed by atoms with Crippen molar-refractivity contribution in [3.63, 3.8) is 0 Å². The van der Waals surface area contributed by atoms with E-state index in [1.54, 1.807) is 0 Å². The molecule has 0 aliphatic carbocycles. The second-order valence-corrected chi connectivity index (χ2v) is 5.15. The lowest BCUT2D eigenvalue weighted by Gasteiger charge is -2.39. The van der Waals surface area contributed by atoms with Crippen molar-refractivity contribution in [1.82, 2.24) is 5.32 Å². The summed E-state index contributed by atoms with van der Waals surface area (Å²) in [5, 5.41) is 3.71. The predicted molar refractivity (Wildman–Crippen MR) is 68.0 cm³/mol. The Morgan fingerprint density at radius 1 is 1.33 bits per heavy atom. The molecule has 0 aromatic heterocycles. The number of rotatable bonds is 2. The van der Waals surface area contributed by atoms with Gasteiger partial charge in [0.1, 0.15) is 0 Å². The number of nitrogens with one attached hydrogen (secondary N) is 1. The van der Waals surface area contributed by atoms with E-state index in [9.17, 15) is 0 Å². The third-order valence-corrected chi connectivity index (χ3v) is 4.18. The Labute approximate surface area is 100 Å². The predicted octanol–water partition coefficient (Wildman–Crippen LogP) is 3.83. The Morgan fingerprint density at radius 2 is 2.13 bits per heavy atom. The molecule has 82 valence electrons.